The molecular formula is C16H14BrN3O. The van der Waals surface area contributed by atoms with E-state index >= 15 is 0 Å². The fourth-order valence-electron chi connectivity index (χ4n) is 1.84. The van der Waals surface area contributed by atoms with Crippen molar-refractivity contribution in [3.05, 3.63) is 58.1 Å². The summed E-state index contributed by atoms with van der Waals surface area (Å²) in [5, 5.41) is 14.8. The van der Waals surface area contributed by atoms with Crippen molar-refractivity contribution < 1.29 is 4.79 Å². The van der Waals surface area contributed by atoms with Crippen molar-refractivity contribution in [1.29, 1.82) is 5.26 Å². The number of anilines is 2. The maximum Gasteiger partial charge on any atom is 0.243 e. The highest BCUT2D eigenvalue weighted by Gasteiger charge is 2.05. The lowest BCUT2D eigenvalue weighted by molar-refractivity contribution is -0.114. The van der Waals surface area contributed by atoms with E-state index < -0.39 is 0 Å². The topological polar surface area (TPSA) is 64.9 Å². The summed E-state index contributed by atoms with van der Waals surface area (Å²) in [6.07, 6.45) is 0. The van der Waals surface area contributed by atoms with Crippen molar-refractivity contribution >= 4 is 33.2 Å². The van der Waals surface area contributed by atoms with Gasteiger partial charge in [-0.2, -0.15) is 5.26 Å². The van der Waals surface area contributed by atoms with Crippen LogP contribution in [0, 0.1) is 18.3 Å². The standard InChI is InChI=1S/C16H14BrN3O/c1-11-8-13(6-7-14(11)17)20-16(21)10-19-15-5-3-2-4-12(15)9-18/h2-8,19H,10H2,1H3,(H,20,21). The van der Waals surface area contributed by atoms with Gasteiger partial charge in [-0.15, -0.1) is 0 Å². The van der Waals surface area contributed by atoms with Crippen LogP contribution in [0.1, 0.15) is 11.1 Å². The van der Waals surface area contributed by atoms with Gasteiger partial charge in [-0.1, -0.05) is 28.1 Å². The number of amides is 1. The maximum atomic E-state index is 11.9. The molecule has 2 rings (SSSR count). The van der Waals surface area contributed by atoms with Crippen molar-refractivity contribution in [2.75, 3.05) is 17.2 Å². The second-order valence-corrected chi connectivity index (χ2v) is 5.38. The molecule has 21 heavy (non-hydrogen) atoms. The molecule has 0 fully saturated rings. The smallest absolute Gasteiger partial charge is 0.243 e. The highest BCUT2D eigenvalue weighted by Crippen LogP contribution is 2.20. The molecule has 0 saturated carbocycles. The third-order valence-corrected chi connectivity index (χ3v) is 3.82. The summed E-state index contributed by atoms with van der Waals surface area (Å²) in [4.78, 5) is 11.9. The minimum Gasteiger partial charge on any atom is -0.375 e. The second kappa shape index (κ2) is 6.91. The molecule has 0 bridgehead atoms. The van der Waals surface area contributed by atoms with E-state index in [2.05, 4.69) is 32.6 Å². The molecule has 0 heterocycles. The largest absolute Gasteiger partial charge is 0.375 e. The summed E-state index contributed by atoms with van der Waals surface area (Å²) in [5.74, 6) is -0.163. The molecule has 5 heteroatoms. The van der Waals surface area contributed by atoms with Crippen LogP contribution in [0.2, 0.25) is 0 Å². The van der Waals surface area contributed by atoms with E-state index in [0.717, 1.165) is 15.7 Å². The molecular weight excluding hydrogens is 330 g/mol. The van der Waals surface area contributed by atoms with Gasteiger partial charge in [0, 0.05) is 10.2 Å². The summed E-state index contributed by atoms with van der Waals surface area (Å²) in [6, 6.07) is 14.8. The third kappa shape index (κ3) is 4.07. The van der Waals surface area contributed by atoms with E-state index in [1.807, 2.05) is 31.2 Å². The molecule has 1 amide bonds. The average molecular weight is 344 g/mol. The summed E-state index contributed by atoms with van der Waals surface area (Å²) in [6.45, 7) is 2.06. The lowest BCUT2D eigenvalue weighted by Gasteiger charge is -2.09. The van der Waals surface area contributed by atoms with Crippen molar-refractivity contribution in [3.63, 3.8) is 0 Å². The molecule has 2 aromatic rings. The first-order valence-electron chi connectivity index (χ1n) is 6.39. The fraction of sp³-hybridized carbons (Fsp3) is 0.125. The van der Waals surface area contributed by atoms with Gasteiger partial charge in [-0.25, -0.2) is 0 Å². The molecule has 0 aliphatic heterocycles. The second-order valence-electron chi connectivity index (χ2n) is 4.52. The number of benzene rings is 2. The molecule has 0 aliphatic carbocycles. The molecule has 0 spiro atoms. The number of para-hydroxylation sites is 1. The van der Waals surface area contributed by atoms with Gasteiger partial charge in [-0.05, 0) is 42.8 Å². The van der Waals surface area contributed by atoms with Gasteiger partial charge in [0.25, 0.3) is 0 Å². The predicted molar refractivity (Wildman–Crippen MR) is 87.2 cm³/mol. The number of carbonyl (C=O) groups excluding carboxylic acids is 1. The van der Waals surface area contributed by atoms with Crippen LogP contribution < -0.4 is 10.6 Å². The first kappa shape index (κ1) is 15.1. The minimum atomic E-state index is -0.163. The van der Waals surface area contributed by atoms with Crippen LogP contribution in [0.3, 0.4) is 0 Å². The zero-order valence-corrected chi connectivity index (χ0v) is 13.1. The zero-order valence-electron chi connectivity index (χ0n) is 11.5. The summed E-state index contributed by atoms with van der Waals surface area (Å²) in [5.41, 5.74) is 2.97. The van der Waals surface area contributed by atoms with Gasteiger partial charge in [0.15, 0.2) is 0 Å². The van der Waals surface area contributed by atoms with Crippen LogP contribution in [0.4, 0.5) is 11.4 Å². The van der Waals surface area contributed by atoms with Crippen molar-refractivity contribution in [2.45, 2.75) is 6.92 Å². The van der Waals surface area contributed by atoms with Crippen molar-refractivity contribution in [1.82, 2.24) is 0 Å². The van der Waals surface area contributed by atoms with Crippen LogP contribution >= 0.6 is 15.9 Å². The van der Waals surface area contributed by atoms with Crippen LogP contribution in [0.15, 0.2) is 46.9 Å². The Labute approximate surface area is 131 Å². The van der Waals surface area contributed by atoms with E-state index in [4.69, 9.17) is 5.26 Å². The third-order valence-electron chi connectivity index (χ3n) is 2.93. The van der Waals surface area contributed by atoms with Crippen LogP contribution in [0.5, 0.6) is 0 Å². The lowest BCUT2D eigenvalue weighted by Crippen LogP contribution is -2.22. The molecule has 4 nitrogen and oxygen atoms in total. The zero-order chi connectivity index (χ0) is 15.2. The van der Waals surface area contributed by atoms with Crippen molar-refractivity contribution in [3.8, 4) is 6.07 Å². The van der Waals surface area contributed by atoms with Crippen LogP contribution in [-0.4, -0.2) is 12.5 Å². The molecule has 0 radical (unpaired) electrons. The molecule has 0 aliphatic rings. The molecule has 0 saturated heterocycles. The first-order valence-corrected chi connectivity index (χ1v) is 7.18. The average Bonchev–Trinajstić information content (AvgIpc) is 2.49. The molecule has 2 N–H and O–H groups in total. The Morgan fingerprint density at radius 1 is 1.29 bits per heavy atom. The van der Waals surface area contributed by atoms with Gasteiger partial charge in [-0.3, -0.25) is 4.79 Å². The van der Waals surface area contributed by atoms with Crippen LogP contribution in [-0.2, 0) is 4.79 Å². The molecule has 0 aromatic heterocycles. The number of nitrogens with zero attached hydrogens (tertiary/aromatic N) is 1. The Kier molecular flexibility index (Phi) is 4.96. The van der Waals surface area contributed by atoms with Gasteiger partial charge in [0.2, 0.25) is 5.91 Å². The van der Waals surface area contributed by atoms with Gasteiger partial charge < -0.3 is 10.6 Å². The number of hydrogen-bond donors (Lipinski definition) is 2. The highest BCUT2D eigenvalue weighted by atomic mass is 79.9. The monoisotopic (exact) mass is 343 g/mol. The van der Waals surface area contributed by atoms with Crippen LogP contribution in [0.25, 0.3) is 0 Å². The SMILES string of the molecule is Cc1cc(NC(=O)CNc2ccccc2C#N)ccc1Br. The van der Waals surface area contributed by atoms with E-state index in [0.29, 0.717) is 11.3 Å². The summed E-state index contributed by atoms with van der Waals surface area (Å²) >= 11 is 3.42. The Hall–Kier alpha value is -2.32. The number of rotatable bonds is 4. The quantitative estimate of drug-likeness (QED) is 0.889. The van der Waals surface area contributed by atoms with E-state index in [1.54, 1.807) is 18.2 Å². The predicted octanol–water partition coefficient (Wildman–Crippen LogP) is 3.68. The number of carbonyl (C=O) groups is 1. The Bertz CT molecular complexity index is 707. The molecule has 0 atom stereocenters. The van der Waals surface area contributed by atoms with Crippen molar-refractivity contribution in [2.24, 2.45) is 0 Å². The van der Waals surface area contributed by atoms with Gasteiger partial charge in [0.05, 0.1) is 17.8 Å². The first-order chi connectivity index (χ1) is 10.1. The molecule has 106 valence electrons. The van der Waals surface area contributed by atoms with Gasteiger partial charge in [0.1, 0.15) is 6.07 Å². The number of nitriles is 1. The number of halogens is 1. The number of hydrogen-bond acceptors (Lipinski definition) is 3. The Morgan fingerprint density at radius 3 is 2.76 bits per heavy atom. The highest BCUT2D eigenvalue weighted by molar-refractivity contribution is 9.10. The lowest BCUT2D eigenvalue weighted by atomic mass is 10.2. The van der Waals surface area contributed by atoms with E-state index in [9.17, 15) is 4.79 Å². The van der Waals surface area contributed by atoms with Gasteiger partial charge >= 0.3 is 0 Å². The number of aryl methyl sites for hydroxylation is 1. The molecule has 0 unspecified atom stereocenters. The Balaban J connectivity index is 1.96. The molecule has 2 aromatic carbocycles. The fourth-order valence-corrected chi connectivity index (χ4v) is 2.08. The normalized spacial score (nSPS) is 9.76. The summed E-state index contributed by atoms with van der Waals surface area (Å²) < 4.78 is 1.00. The maximum absolute atomic E-state index is 11.9. The summed E-state index contributed by atoms with van der Waals surface area (Å²) in [7, 11) is 0. The minimum absolute atomic E-state index is 0.105. The van der Waals surface area contributed by atoms with E-state index in [-0.39, 0.29) is 12.5 Å². The Morgan fingerprint density at radius 2 is 2.05 bits per heavy atom. The van der Waals surface area contributed by atoms with E-state index in [1.165, 1.54) is 0 Å². The number of nitrogens with one attached hydrogen (secondary N) is 2.